The molecule has 3 N–H and O–H groups in total. The zero-order valence-corrected chi connectivity index (χ0v) is 18.6. The van der Waals surface area contributed by atoms with E-state index >= 15 is 0 Å². The lowest BCUT2D eigenvalue weighted by molar-refractivity contribution is 0.0537. The van der Waals surface area contributed by atoms with E-state index in [9.17, 15) is 9.59 Å². The number of carbonyl (C=O) groups excluding carboxylic acids is 2. The summed E-state index contributed by atoms with van der Waals surface area (Å²) in [4.78, 5) is 34.2. The van der Waals surface area contributed by atoms with Gasteiger partial charge in [0.15, 0.2) is 5.82 Å². The van der Waals surface area contributed by atoms with Crippen LogP contribution in [0, 0.1) is 13.8 Å². The average Bonchev–Trinajstić information content (AvgIpc) is 3.13. The van der Waals surface area contributed by atoms with Crippen molar-refractivity contribution >= 4 is 28.8 Å². The van der Waals surface area contributed by atoms with Crippen molar-refractivity contribution in [2.45, 2.75) is 52.0 Å². The molecule has 3 aromatic rings. The fourth-order valence-corrected chi connectivity index (χ4v) is 4.17. The molecule has 1 aromatic carbocycles. The maximum absolute atomic E-state index is 13.0. The second-order valence-electron chi connectivity index (χ2n) is 8.17. The first-order valence-corrected chi connectivity index (χ1v) is 10.8. The van der Waals surface area contributed by atoms with Crippen LogP contribution < -0.4 is 16.1 Å². The molecule has 32 heavy (non-hydrogen) atoms. The van der Waals surface area contributed by atoms with Crippen LogP contribution in [0.1, 0.15) is 63.9 Å². The Bertz CT molecular complexity index is 1150. The number of hydrogen-bond acceptors (Lipinski definition) is 6. The molecular weight excluding hydrogens is 408 g/mol. The summed E-state index contributed by atoms with van der Waals surface area (Å²) in [6.07, 6.45) is 8.78. The minimum atomic E-state index is -0.344. The normalized spacial score (nSPS) is 14.3. The number of nitrogens with zero attached hydrogens (tertiary/aromatic N) is 3. The number of amides is 2. The predicted octanol–water partition coefficient (Wildman–Crippen LogP) is 3.44. The minimum Gasteiger partial charge on any atom is -0.349 e. The first kappa shape index (κ1) is 21.8. The highest BCUT2D eigenvalue weighted by atomic mass is 16.6. The number of anilines is 2. The van der Waals surface area contributed by atoms with Crippen LogP contribution in [0.4, 0.5) is 11.5 Å². The molecule has 168 valence electrons. The lowest BCUT2D eigenvalue weighted by atomic mass is 9.95. The molecule has 0 spiro atoms. The Labute approximate surface area is 186 Å². The fraction of sp³-hybridized carbons (Fsp3) is 0.391. The highest BCUT2D eigenvalue weighted by Gasteiger charge is 2.22. The molecule has 0 saturated heterocycles. The van der Waals surface area contributed by atoms with Crippen LogP contribution in [-0.4, -0.2) is 39.6 Å². The van der Waals surface area contributed by atoms with Gasteiger partial charge < -0.3 is 10.6 Å². The van der Waals surface area contributed by atoms with Crippen LogP contribution in [0.2, 0.25) is 0 Å². The Morgan fingerprint density at radius 1 is 1.12 bits per heavy atom. The summed E-state index contributed by atoms with van der Waals surface area (Å²) >= 11 is 0. The van der Waals surface area contributed by atoms with Gasteiger partial charge in [-0.2, -0.15) is 5.10 Å². The second-order valence-corrected chi connectivity index (χ2v) is 8.17. The van der Waals surface area contributed by atoms with Gasteiger partial charge in [0, 0.05) is 23.5 Å². The Morgan fingerprint density at radius 2 is 1.91 bits per heavy atom. The summed E-state index contributed by atoms with van der Waals surface area (Å²) in [5.41, 5.74) is 6.53. The van der Waals surface area contributed by atoms with E-state index < -0.39 is 0 Å². The molecule has 0 unspecified atom stereocenters. The van der Waals surface area contributed by atoms with Crippen molar-refractivity contribution in [3.05, 3.63) is 53.0 Å². The largest absolute Gasteiger partial charge is 0.349 e. The van der Waals surface area contributed by atoms with Crippen LogP contribution >= 0.6 is 0 Å². The lowest BCUT2D eigenvalue weighted by Crippen LogP contribution is -2.36. The van der Waals surface area contributed by atoms with Gasteiger partial charge in [0.25, 0.3) is 11.8 Å². The van der Waals surface area contributed by atoms with Crippen molar-refractivity contribution in [3.63, 3.8) is 0 Å². The topological polar surface area (TPSA) is 110 Å². The highest BCUT2D eigenvalue weighted by Crippen LogP contribution is 2.28. The van der Waals surface area contributed by atoms with Gasteiger partial charge in [0.05, 0.1) is 12.7 Å². The van der Waals surface area contributed by atoms with Crippen molar-refractivity contribution in [2.75, 3.05) is 12.4 Å². The zero-order valence-electron chi connectivity index (χ0n) is 18.6. The maximum atomic E-state index is 13.0. The van der Waals surface area contributed by atoms with Crippen LogP contribution in [0.5, 0.6) is 0 Å². The second kappa shape index (κ2) is 9.35. The third kappa shape index (κ3) is 4.43. The molecule has 9 heteroatoms. The Kier molecular flexibility index (Phi) is 6.36. The van der Waals surface area contributed by atoms with Crippen molar-refractivity contribution in [2.24, 2.45) is 0 Å². The molecule has 0 radical (unpaired) electrons. The number of nitrogens with one attached hydrogen (secondary N) is 3. The number of benzene rings is 1. The average molecular weight is 437 g/mol. The molecule has 9 nitrogen and oxygen atoms in total. The van der Waals surface area contributed by atoms with Gasteiger partial charge >= 0.3 is 0 Å². The number of fused-ring (bicyclic) bond motifs is 1. The number of rotatable bonds is 6. The first-order valence-electron chi connectivity index (χ1n) is 10.8. The van der Waals surface area contributed by atoms with Crippen molar-refractivity contribution in [1.82, 2.24) is 25.4 Å². The number of aromatic nitrogens is 3. The van der Waals surface area contributed by atoms with E-state index in [1.807, 2.05) is 19.9 Å². The summed E-state index contributed by atoms with van der Waals surface area (Å²) in [5.74, 6) is 0.130. The van der Waals surface area contributed by atoms with Gasteiger partial charge in [0.2, 0.25) is 0 Å². The van der Waals surface area contributed by atoms with Crippen LogP contribution in [-0.2, 0) is 4.84 Å². The molecule has 0 bridgehead atoms. The third-order valence-corrected chi connectivity index (χ3v) is 5.96. The van der Waals surface area contributed by atoms with E-state index in [-0.39, 0.29) is 17.9 Å². The Morgan fingerprint density at radius 3 is 2.66 bits per heavy atom. The van der Waals surface area contributed by atoms with E-state index in [0.29, 0.717) is 22.5 Å². The number of aryl methyl sites for hydroxylation is 2. The molecule has 1 fully saturated rings. The van der Waals surface area contributed by atoms with Crippen molar-refractivity contribution in [1.29, 1.82) is 0 Å². The van der Waals surface area contributed by atoms with Gasteiger partial charge in [-0.1, -0.05) is 25.3 Å². The summed E-state index contributed by atoms with van der Waals surface area (Å²) in [6.45, 7) is 3.84. The van der Waals surface area contributed by atoms with Crippen molar-refractivity contribution < 1.29 is 14.4 Å². The Balaban J connectivity index is 1.64. The molecule has 0 atom stereocenters. The van der Waals surface area contributed by atoms with Gasteiger partial charge in [-0.3, -0.25) is 14.4 Å². The summed E-state index contributed by atoms with van der Waals surface area (Å²) < 4.78 is 1.66. The van der Waals surface area contributed by atoms with E-state index in [1.165, 1.54) is 19.9 Å². The van der Waals surface area contributed by atoms with E-state index in [4.69, 9.17) is 4.84 Å². The summed E-state index contributed by atoms with van der Waals surface area (Å²) in [7, 11) is 1.39. The highest BCUT2D eigenvalue weighted by molar-refractivity contribution is 5.99. The van der Waals surface area contributed by atoms with Gasteiger partial charge in [-0.05, 0) is 49.9 Å². The predicted molar refractivity (Wildman–Crippen MR) is 121 cm³/mol. The van der Waals surface area contributed by atoms with Gasteiger partial charge in [0.1, 0.15) is 11.8 Å². The summed E-state index contributed by atoms with van der Waals surface area (Å²) in [6, 6.07) is 5.53. The smallest absolute Gasteiger partial charge is 0.274 e. The quantitative estimate of drug-likeness (QED) is 0.511. The first-order chi connectivity index (χ1) is 15.5. The summed E-state index contributed by atoms with van der Waals surface area (Å²) in [5, 5.41) is 10.8. The molecule has 4 rings (SSSR count). The monoisotopic (exact) mass is 436 g/mol. The molecule has 1 aliphatic rings. The SMILES string of the molecule is CONC(=O)c1ccc(C)c(Nc2ncnn3cc(C(=O)NC4CCCCC4)c(C)c23)c1. The van der Waals surface area contributed by atoms with Crippen LogP contribution in [0.15, 0.2) is 30.7 Å². The molecule has 0 aliphatic heterocycles. The number of carbonyl (C=O) groups is 2. The van der Waals surface area contributed by atoms with Gasteiger partial charge in [-0.15, -0.1) is 0 Å². The van der Waals surface area contributed by atoms with Crippen LogP contribution in [0.25, 0.3) is 5.52 Å². The Hall–Kier alpha value is -3.46. The zero-order chi connectivity index (χ0) is 22.7. The minimum absolute atomic E-state index is 0.0831. The molecule has 2 heterocycles. The standard InChI is InChI=1S/C23H28N6O3/c1-14-9-10-16(22(30)28-32-3)11-19(14)27-21-20-15(2)18(12-29(20)25-13-24-21)23(31)26-17-7-5-4-6-8-17/h9-13,17H,4-8H2,1-3H3,(H,26,31)(H,28,30)(H,24,25,27). The molecule has 1 aliphatic carbocycles. The van der Waals surface area contributed by atoms with E-state index in [2.05, 4.69) is 26.2 Å². The maximum Gasteiger partial charge on any atom is 0.274 e. The molecule has 1 saturated carbocycles. The van der Waals surface area contributed by atoms with E-state index in [1.54, 1.807) is 22.8 Å². The number of hydroxylamine groups is 1. The van der Waals surface area contributed by atoms with Gasteiger partial charge in [-0.25, -0.2) is 15.0 Å². The third-order valence-electron chi connectivity index (χ3n) is 5.96. The molecule has 2 aromatic heterocycles. The number of hydrogen-bond donors (Lipinski definition) is 3. The van der Waals surface area contributed by atoms with E-state index in [0.717, 1.165) is 42.5 Å². The molecular formula is C23H28N6O3. The lowest BCUT2D eigenvalue weighted by Gasteiger charge is -2.22. The molecule has 2 amide bonds. The van der Waals surface area contributed by atoms with Crippen LogP contribution in [0.3, 0.4) is 0 Å². The van der Waals surface area contributed by atoms with Crippen molar-refractivity contribution in [3.8, 4) is 0 Å². The fourth-order valence-electron chi connectivity index (χ4n) is 4.17.